The van der Waals surface area contributed by atoms with Crippen LogP contribution in [0.1, 0.15) is 65.5 Å². The third kappa shape index (κ3) is 4.88. The summed E-state index contributed by atoms with van der Waals surface area (Å²) in [5.74, 6) is -4.32. The predicted molar refractivity (Wildman–Crippen MR) is 155 cm³/mol. The van der Waals surface area contributed by atoms with Crippen molar-refractivity contribution in [2.24, 2.45) is 28.1 Å². The van der Waals surface area contributed by atoms with Gasteiger partial charge in [0, 0.05) is 29.4 Å². The molecule has 0 bridgehead atoms. The first kappa shape index (κ1) is 34.6. The Morgan fingerprint density at radius 1 is 1.13 bits per heavy atom. The highest BCUT2D eigenvalue weighted by molar-refractivity contribution is 5.92. The van der Waals surface area contributed by atoms with E-state index in [1.165, 1.54) is 18.6 Å². The van der Waals surface area contributed by atoms with Crippen molar-refractivity contribution in [3.8, 4) is 0 Å². The standard InChI is InChI=1S/C32H44O14/c1-28(2,42)18-12-19(34)31(5)17(29(18,3)9-7-20(35)36)6-10-30(4,32(31)25(46-32)26(40)41)24(15-8-11-43-14-15)45-27-23(39)22(38)21(37)16(13-33)44-27/h7-9,11,14,16-18,21-25,27,33,37-39,42H,6,10,12-13H2,1-5H3,(H,35,36)(H,40,41)/t16-,17-,18+,21-,22+,23-,24+,25-,27+,29-,30+,31+,32-/m1/s1. The molecule has 1 aromatic rings. The molecule has 5 rings (SSSR count). The van der Waals surface area contributed by atoms with Gasteiger partial charge in [0.15, 0.2) is 12.4 Å². The SMILES string of the molecule is CC(C)(O)[C@@H]1CC(=O)[C@]2(C)[C@H](CC[C@@](C)([C@@H](O[C@@H]3O[C@H](CO)[C@@H](O)[C@H](O)[C@H]3O)c3ccoc3)[C@@]23O[C@@H]3C(=O)O)[C@@]1(C)C=CC(=O)O. The lowest BCUT2D eigenvalue weighted by Crippen LogP contribution is -2.70. The van der Waals surface area contributed by atoms with Gasteiger partial charge in [-0.1, -0.05) is 19.9 Å². The number of rotatable bonds is 9. The van der Waals surface area contributed by atoms with Crippen molar-refractivity contribution in [2.45, 2.75) is 108 Å². The van der Waals surface area contributed by atoms with E-state index in [-0.39, 0.29) is 25.0 Å². The molecule has 2 aliphatic heterocycles. The molecule has 0 aromatic carbocycles. The molecule has 14 heteroatoms. The van der Waals surface area contributed by atoms with Crippen LogP contribution >= 0.6 is 0 Å². The van der Waals surface area contributed by atoms with Crippen LogP contribution in [-0.2, 0) is 28.6 Å². The highest BCUT2D eigenvalue weighted by atomic mass is 16.7. The smallest absolute Gasteiger partial charge is 0.335 e. The van der Waals surface area contributed by atoms with Gasteiger partial charge in [0.05, 0.1) is 36.3 Å². The van der Waals surface area contributed by atoms with Crippen LogP contribution in [0, 0.1) is 28.1 Å². The van der Waals surface area contributed by atoms with E-state index in [2.05, 4.69) is 0 Å². The first-order valence-electron chi connectivity index (χ1n) is 15.4. The van der Waals surface area contributed by atoms with Gasteiger partial charge in [-0.2, -0.15) is 0 Å². The maximum Gasteiger partial charge on any atom is 0.335 e. The van der Waals surface area contributed by atoms with Gasteiger partial charge in [-0.25, -0.2) is 9.59 Å². The van der Waals surface area contributed by atoms with E-state index in [1.807, 2.05) is 0 Å². The number of hydrogen-bond acceptors (Lipinski definition) is 12. The predicted octanol–water partition coefficient (Wildman–Crippen LogP) is 0.789. The number of aliphatic hydroxyl groups excluding tert-OH is 4. The van der Waals surface area contributed by atoms with E-state index < -0.39 is 101 Å². The number of fused-ring (bicyclic) bond motifs is 2. The van der Waals surface area contributed by atoms with Gasteiger partial charge in [-0.15, -0.1) is 0 Å². The van der Waals surface area contributed by atoms with Crippen molar-refractivity contribution >= 4 is 17.7 Å². The van der Waals surface area contributed by atoms with Crippen molar-refractivity contribution in [3.63, 3.8) is 0 Å². The van der Waals surface area contributed by atoms with Gasteiger partial charge < -0.3 is 54.4 Å². The zero-order valence-corrected chi connectivity index (χ0v) is 26.4. The topological polar surface area (TPSA) is 237 Å². The third-order valence-electron chi connectivity index (χ3n) is 11.6. The Morgan fingerprint density at radius 3 is 2.33 bits per heavy atom. The lowest BCUT2D eigenvalue weighted by Gasteiger charge is -2.64. The molecule has 46 heavy (non-hydrogen) atoms. The molecule has 0 unspecified atom stereocenters. The van der Waals surface area contributed by atoms with E-state index in [4.69, 9.17) is 18.6 Å². The fraction of sp³-hybridized carbons (Fsp3) is 0.719. The van der Waals surface area contributed by atoms with Gasteiger partial charge in [-0.05, 0) is 51.0 Å². The second-order valence-corrected chi connectivity index (χ2v) is 14.4. The molecule has 4 fully saturated rings. The highest BCUT2D eigenvalue weighted by Gasteiger charge is 2.86. The number of aliphatic hydroxyl groups is 5. The zero-order valence-electron chi connectivity index (χ0n) is 26.4. The van der Waals surface area contributed by atoms with Crippen LogP contribution in [0.3, 0.4) is 0 Å². The fourth-order valence-electron chi connectivity index (χ4n) is 9.32. The number of ketones is 1. The van der Waals surface area contributed by atoms with E-state index in [9.17, 15) is 50.1 Å². The number of epoxide rings is 1. The van der Waals surface area contributed by atoms with Crippen LogP contribution in [0.15, 0.2) is 35.2 Å². The Labute approximate surface area is 265 Å². The number of Topliss-reactive ketones (excluding diaryl/α,β-unsaturated/α-hetero) is 1. The van der Waals surface area contributed by atoms with Crippen LogP contribution in [-0.4, -0.2) is 108 Å². The second-order valence-electron chi connectivity index (χ2n) is 14.4. The second kappa shape index (κ2) is 11.5. The molecule has 7 N–H and O–H groups in total. The Kier molecular flexibility index (Phi) is 8.64. The minimum Gasteiger partial charge on any atom is -0.479 e. The minimum absolute atomic E-state index is 0.159. The molecule has 2 aliphatic carbocycles. The van der Waals surface area contributed by atoms with E-state index >= 15 is 0 Å². The van der Waals surface area contributed by atoms with Crippen molar-refractivity contribution < 1.29 is 68.8 Å². The van der Waals surface area contributed by atoms with Crippen LogP contribution in [0.2, 0.25) is 0 Å². The van der Waals surface area contributed by atoms with Gasteiger partial charge in [0.1, 0.15) is 35.8 Å². The molecule has 2 saturated heterocycles. The number of carbonyl (C=O) groups is 3. The summed E-state index contributed by atoms with van der Waals surface area (Å²) < 4.78 is 23.6. The van der Waals surface area contributed by atoms with Crippen LogP contribution in [0.5, 0.6) is 0 Å². The molecule has 3 heterocycles. The van der Waals surface area contributed by atoms with E-state index in [0.717, 1.165) is 6.08 Å². The third-order valence-corrected chi connectivity index (χ3v) is 11.6. The molecule has 2 saturated carbocycles. The molecule has 4 aliphatic rings. The average molecular weight is 653 g/mol. The van der Waals surface area contributed by atoms with Crippen molar-refractivity contribution in [3.05, 3.63) is 36.3 Å². The number of allylic oxidation sites excluding steroid dienone is 1. The molecular weight excluding hydrogens is 608 g/mol. The first-order chi connectivity index (χ1) is 21.3. The summed E-state index contributed by atoms with van der Waals surface area (Å²) in [5, 5.41) is 72.7. The number of carboxylic acid groups (broad SMARTS) is 2. The summed E-state index contributed by atoms with van der Waals surface area (Å²) in [6.07, 6.45) is -5.36. The maximum absolute atomic E-state index is 14.5. The van der Waals surface area contributed by atoms with Crippen molar-refractivity contribution in [2.75, 3.05) is 6.61 Å². The fourth-order valence-corrected chi connectivity index (χ4v) is 9.32. The molecular formula is C32H44O14. The quantitative estimate of drug-likeness (QED) is 0.144. The summed E-state index contributed by atoms with van der Waals surface area (Å²) in [6.45, 7) is 7.52. The Morgan fingerprint density at radius 2 is 1.80 bits per heavy atom. The summed E-state index contributed by atoms with van der Waals surface area (Å²) in [6, 6.07) is 1.56. The number of aliphatic carboxylic acids is 2. The molecule has 13 atom stereocenters. The Balaban J connectivity index is 1.67. The van der Waals surface area contributed by atoms with Gasteiger partial charge >= 0.3 is 11.9 Å². The number of carboxylic acids is 2. The lowest BCUT2D eigenvalue weighted by atomic mass is 9.38. The number of carbonyl (C=O) groups excluding carboxylic acids is 1. The van der Waals surface area contributed by atoms with Crippen LogP contribution in [0.25, 0.3) is 0 Å². The lowest BCUT2D eigenvalue weighted by molar-refractivity contribution is -0.328. The van der Waals surface area contributed by atoms with Gasteiger partial charge in [0.25, 0.3) is 0 Å². The molecule has 0 amide bonds. The van der Waals surface area contributed by atoms with Gasteiger partial charge in [-0.3, -0.25) is 4.79 Å². The Hall–Kier alpha value is -2.69. The molecule has 14 nitrogen and oxygen atoms in total. The number of hydrogen-bond donors (Lipinski definition) is 7. The van der Waals surface area contributed by atoms with Crippen LogP contribution < -0.4 is 0 Å². The minimum atomic E-state index is -1.78. The highest BCUT2D eigenvalue weighted by Crippen LogP contribution is 2.76. The van der Waals surface area contributed by atoms with E-state index in [0.29, 0.717) is 5.56 Å². The number of ether oxygens (including phenoxy) is 3. The zero-order chi connectivity index (χ0) is 34.2. The van der Waals surface area contributed by atoms with Gasteiger partial charge in [0.2, 0.25) is 0 Å². The largest absolute Gasteiger partial charge is 0.479 e. The molecule has 256 valence electrons. The summed E-state index contributed by atoms with van der Waals surface area (Å²) in [7, 11) is 0. The molecule has 1 aromatic heterocycles. The summed E-state index contributed by atoms with van der Waals surface area (Å²) >= 11 is 0. The number of furan rings is 1. The summed E-state index contributed by atoms with van der Waals surface area (Å²) in [4.78, 5) is 39.0. The maximum atomic E-state index is 14.5. The monoisotopic (exact) mass is 652 g/mol. The van der Waals surface area contributed by atoms with Crippen molar-refractivity contribution in [1.82, 2.24) is 0 Å². The Bertz CT molecular complexity index is 1370. The summed E-state index contributed by atoms with van der Waals surface area (Å²) in [5.41, 5.74) is -6.80. The normalized spacial score (nSPS) is 45.0. The van der Waals surface area contributed by atoms with E-state index in [1.54, 1.807) is 40.7 Å². The first-order valence-corrected chi connectivity index (χ1v) is 15.4. The molecule has 1 spiro atoms. The average Bonchev–Trinajstić information content (AvgIpc) is 3.54. The molecule has 0 radical (unpaired) electrons. The van der Waals surface area contributed by atoms with Crippen LogP contribution in [0.4, 0.5) is 0 Å². The van der Waals surface area contributed by atoms with Crippen molar-refractivity contribution in [1.29, 1.82) is 0 Å².